The topological polar surface area (TPSA) is 121 Å². The molecule has 2 N–H and O–H groups in total. The zero-order valence-electron chi connectivity index (χ0n) is 10.4. The summed E-state index contributed by atoms with van der Waals surface area (Å²) in [7, 11) is 0. The van der Waals surface area contributed by atoms with Gasteiger partial charge < -0.3 is 15.1 Å². The molecule has 2 rings (SSSR count). The Hall–Kier alpha value is -2.64. The molecule has 0 aromatic heterocycles. The van der Waals surface area contributed by atoms with Crippen molar-refractivity contribution in [3.05, 3.63) is 33.9 Å². The molecular weight excluding hydrogens is 268 g/mol. The van der Waals surface area contributed by atoms with Crippen LogP contribution in [0.15, 0.2) is 18.2 Å². The van der Waals surface area contributed by atoms with E-state index < -0.39 is 34.3 Å². The Morgan fingerprint density at radius 3 is 2.70 bits per heavy atom. The molecule has 1 aliphatic heterocycles. The molecule has 20 heavy (non-hydrogen) atoms. The molecule has 1 saturated heterocycles. The Morgan fingerprint density at radius 2 is 2.10 bits per heavy atom. The first kappa shape index (κ1) is 13.8. The average molecular weight is 280 g/mol. The van der Waals surface area contributed by atoms with E-state index in [1.54, 1.807) is 0 Å². The van der Waals surface area contributed by atoms with Crippen molar-refractivity contribution in [1.29, 1.82) is 0 Å². The lowest BCUT2D eigenvalue weighted by atomic mass is 10.1. The van der Waals surface area contributed by atoms with E-state index in [9.17, 15) is 24.8 Å². The summed E-state index contributed by atoms with van der Waals surface area (Å²) in [5.74, 6) is -2.22. The zero-order valence-corrected chi connectivity index (χ0v) is 10.4. The normalized spacial score (nSPS) is 18.0. The number of carboxylic acid groups (broad SMARTS) is 1. The second-order valence-corrected chi connectivity index (χ2v) is 4.46. The average Bonchev–Trinajstić information content (AvgIpc) is 2.87. The number of nitro groups is 1. The molecule has 1 aliphatic rings. The van der Waals surface area contributed by atoms with E-state index >= 15 is 0 Å². The molecule has 1 aromatic carbocycles. The molecule has 0 aliphatic carbocycles. The number of nitro benzene ring substituents is 1. The van der Waals surface area contributed by atoms with Crippen LogP contribution in [0.3, 0.4) is 0 Å². The van der Waals surface area contributed by atoms with Gasteiger partial charge in [-0.15, -0.1) is 0 Å². The highest BCUT2D eigenvalue weighted by Gasteiger charge is 2.35. The number of hydrogen-bond donors (Lipinski definition) is 2. The standard InChI is InChI=1S/C12H12N2O6/c15-10-4-3-7(6-9(10)14(19)20)11(16)13-5-1-2-8(13)12(17)18/h3-4,6,8,15H,1-2,5H2,(H,17,18). The lowest BCUT2D eigenvalue weighted by Crippen LogP contribution is -2.40. The zero-order chi connectivity index (χ0) is 14.9. The SMILES string of the molecule is O=C(O)C1CCCN1C(=O)c1ccc(O)c([N+](=O)[O-])c1. The Balaban J connectivity index is 2.32. The van der Waals surface area contributed by atoms with Crippen LogP contribution in [0, 0.1) is 10.1 Å². The number of aliphatic carboxylic acids is 1. The van der Waals surface area contributed by atoms with Crippen LogP contribution >= 0.6 is 0 Å². The van der Waals surface area contributed by atoms with Crippen molar-refractivity contribution >= 4 is 17.6 Å². The summed E-state index contributed by atoms with van der Waals surface area (Å²) in [6.45, 7) is 0.296. The Morgan fingerprint density at radius 1 is 1.40 bits per heavy atom. The maximum Gasteiger partial charge on any atom is 0.326 e. The van der Waals surface area contributed by atoms with Crippen molar-refractivity contribution in [3.63, 3.8) is 0 Å². The van der Waals surface area contributed by atoms with Crippen LogP contribution in [-0.2, 0) is 4.79 Å². The Kier molecular flexibility index (Phi) is 3.55. The van der Waals surface area contributed by atoms with Gasteiger partial charge in [-0.2, -0.15) is 0 Å². The van der Waals surface area contributed by atoms with E-state index in [0.29, 0.717) is 19.4 Å². The van der Waals surface area contributed by atoms with E-state index in [-0.39, 0.29) is 5.56 Å². The van der Waals surface area contributed by atoms with E-state index in [0.717, 1.165) is 12.1 Å². The van der Waals surface area contributed by atoms with Crippen molar-refractivity contribution in [2.75, 3.05) is 6.54 Å². The number of likely N-dealkylation sites (tertiary alicyclic amines) is 1. The van der Waals surface area contributed by atoms with Crippen LogP contribution in [0.1, 0.15) is 23.2 Å². The van der Waals surface area contributed by atoms with Gasteiger partial charge in [0.2, 0.25) is 0 Å². The number of hydrogen-bond acceptors (Lipinski definition) is 5. The number of phenols is 1. The maximum absolute atomic E-state index is 12.2. The van der Waals surface area contributed by atoms with Crippen LogP contribution in [0.5, 0.6) is 5.75 Å². The third kappa shape index (κ3) is 2.40. The summed E-state index contributed by atoms with van der Waals surface area (Å²) < 4.78 is 0. The van der Waals surface area contributed by atoms with Gasteiger partial charge in [0.05, 0.1) is 4.92 Å². The van der Waals surface area contributed by atoms with Crippen LogP contribution in [-0.4, -0.2) is 44.5 Å². The van der Waals surface area contributed by atoms with E-state index in [2.05, 4.69) is 0 Å². The van der Waals surface area contributed by atoms with Gasteiger partial charge in [0.1, 0.15) is 6.04 Å². The summed E-state index contributed by atoms with van der Waals surface area (Å²) in [6.07, 6.45) is 0.935. The number of carbonyl (C=O) groups is 2. The number of aromatic hydroxyl groups is 1. The molecule has 1 aromatic rings. The first-order chi connectivity index (χ1) is 9.41. The van der Waals surface area contributed by atoms with Gasteiger partial charge in [-0.3, -0.25) is 14.9 Å². The molecule has 1 heterocycles. The van der Waals surface area contributed by atoms with Gasteiger partial charge in [-0.1, -0.05) is 0 Å². The number of phenolic OH excluding ortho intramolecular Hbond substituents is 1. The van der Waals surface area contributed by atoms with Gasteiger partial charge in [0, 0.05) is 18.2 Å². The minimum atomic E-state index is -1.09. The molecule has 0 radical (unpaired) electrons. The third-order valence-electron chi connectivity index (χ3n) is 3.22. The number of rotatable bonds is 3. The second kappa shape index (κ2) is 5.16. The monoisotopic (exact) mass is 280 g/mol. The molecule has 8 nitrogen and oxygen atoms in total. The summed E-state index contributed by atoms with van der Waals surface area (Å²) in [5, 5.41) is 29.1. The lowest BCUT2D eigenvalue weighted by Gasteiger charge is -2.21. The molecule has 106 valence electrons. The molecule has 1 atom stereocenters. The van der Waals surface area contributed by atoms with Crippen LogP contribution in [0.2, 0.25) is 0 Å². The molecule has 1 unspecified atom stereocenters. The fourth-order valence-electron chi connectivity index (χ4n) is 2.24. The molecule has 0 saturated carbocycles. The first-order valence-corrected chi connectivity index (χ1v) is 5.93. The third-order valence-corrected chi connectivity index (χ3v) is 3.22. The maximum atomic E-state index is 12.2. The van der Waals surface area contributed by atoms with Gasteiger partial charge in [0.15, 0.2) is 5.75 Å². The number of amides is 1. The predicted molar refractivity (Wildman–Crippen MR) is 66.5 cm³/mol. The molecule has 1 fully saturated rings. The van der Waals surface area contributed by atoms with Crippen LogP contribution < -0.4 is 0 Å². The van der Waals surface area contributed by atoms with Gasteiger partial charge in [-0.25, -0.2) is 4.79 Å². The molecular formula is C12H12N2O6. The predicted octanol–water partition coefficient (Wildman–Crippen LogP) is 0.990. The molecule has 1 amide bonds. The highest BCUT2D eigenvalue weighted by Crippen LogP contribution is 2.28. The fourth-order valence-corrected chi connectivity index (χ4v) is 2.24. The molecule has 0 bridgehead atoms. The molecule has 0 spiro atoms. The van der Waals surface area contributed by atoms with E-state index in [1.807, 2.05) is 0 Å². The van der Waals surface area contributed by atoms with Crippen molar-refractivity contribution in [2.45, 2.75) is 18.9 Å². The quantitative estimate of drug-likeness (QED) is 0.629. The first-order valence-electron chi connectivity index (χ1n) is 5.93. The van der Waals surface area contributed by atoms with Crippen molar-refractivity contribution in [1.82, 2.24) is 4.90 Å². The molecule has 8 heteroatoms. The summed E-state index contributed by atoms with van der Waals surface area (Å²) in [5.41, 5.74) is -0.593. The second-order valence-electron chi connectivity index (χ2n) is 4.46. The van der Waals surface area contributed by atoms with Crippen LogP contribution in [0.4, 0.5) is 5.69 Å². The minimum absolute atomic E-state index is 0.0114. The summed E-state index contributed by atoms with van der Waals surface area (Å²) in [4.78, 5) is 34.3. The van der Waals surface area contributed by atoms with Crippen molar-refractivity contribution in [2.24, 2.45) is 0 Å². The summed E-state index contributed by atoms with van der Waals surface area (Å²) >= 11 is 0. The van der Waals surface area contributed by atoms with E-state index in [1.165, 1.54) is 11.0 Å². The van der Waals surface area contributed by atoms with Crippen molar-refractivity contribution in [3.8, 4) is 5.75 Å². The number of carbonyl (C=O) groups excluding carboxylic acids is 1. The van der Waals surface area contributed by atoms with Crippen molar-refractivity contribution < 1.29 is 24.7 Å². The number of benzene rings is 1. The number of carboxylic acids is 1. The Labute approximate surface area is 113 Å². The minimum Gasteiger partial charge on any atom is -0.502 e. The van der Waals surface area contributed by atoms with E-state index in [4.69, 9.17) is 5.11 Å². The fraction of sp³-hybridized carbons (Fsp3) is 0.333. The summed E-state index contributed by atoms with van der Waals surface area (Å²) in [6, 6.07) is 2.34. The number of nitrogens with zero attached hydrogens (tertiary/aromatic N) is 2. The van der Waals surface area contributed by atoms with Gasteiger partial charge >= 0.3 is 11.7 Å². The smallest absolute Gasteiger partial charge is 0.326 e. The Bertz CT molecular complexity index is 585. The van der Waals surface area contributed by atoms with Gasteiger partial charge in [0.25, 0.3) is 5.91 Å². The van der Waals surface area contributed by atoms with Crippen LogP contribution in [0.25, 0.3) is 0 Å². The highest BCUT2D eigenvalue weighted by molar-refractivity contribution is 5.97. The lowest BCUT2D eigenvalue weighted by molar-refractivity contribution is -0.385. The largest absolute Gasteiger partial charge is 0.502 e. The van der Waals surface area contributed by atoms with Gasteiger partial charge in [-0.05, 0) is 25.0 Å². The highest BCUT2D eigenvalue weighted by atomic mass is 16.6.